The summed E-state index contributed by atoms with van der Waals surface area (Å²) >= 11 is 0. The van der Waals surface area contributed by atoms with Crippen molar-refractivity contribution >= 4 is 11.7 Å². The minimum absolute atomic E-state index is 0.0571. The number of nitrogens with one attached hydrogen (secondary N) is 1. The summed E-state index contributed by atoms with van der Waals surface area (Å²) in [7, 11) is 0. The van der Waals surface area contributed by atoms with Crippen molar-refractivity contribution in [3.8, 4) is 0 Å². The highest BCUT2D eigenvalue weighted by Crippen LogP contribution is 2.27. The summed E-state index contributed by atoms with van der Waals surface area (Å²) in [6, 6.07) is -0.252. The minimum atomic E-state index is -0.364. The van der Waals surface area contributed by atoms with Gasteiger partial charge in [0.1, 0.15) is 0 Å². The van der Waals surface area contributed by atoms with Crippen LogP contribution < -0.4 is 5.32 Å². The Balaban J connectivity index is 2.07. The van der Waals surface area contributed by atoms with Gasteiger partial charge in [0.25, 0.3) is 0 Å². The zero-order chi connectivity index (χ0) is 13.3. The Morgan fingerprint density at radius 3 is 2.44 bits per heavy atom. The van der Waals surface area contributed by atoms with Crippen LogP contribution in [-0.2, 0) is 9.59 Å². The molecule has 1 amide bonds. The summed E-state index contributed by atoms with van der Waals surface area (Å²) in [5.41, 5.74) is -0.364. The fourth-order valence-corrected chi connectivity index (χ4v) is 2.90. The number of nitrogens with zero attached hydrogens (tertiary/aromatic N) is 1. The molecule has 2 heterocycles. The van der Waals surface area contributed by atoms with E-state index < -0.39 is 0 Å². The second-order valence-corrected chi connectivity index (χ2v) is 6.45. The molecule has 2 rings (SSSR count). The summed E-state index contributed by atoms with van der Waals surface area (Å²) < 4.78 is 0. The highest BCUT2D eigenvalue weighted by atomic mass is 16.2. The number of carbonyl (C=O) groups is 2. The van der Waals surface area contributed by atoms with Gasteiger partial charge in [-0.25, -0.2) is 0 Å². The van der Waals surface area contributed by atoms with E-state index in [0.29, 0.717) is 0 Å². The predicted molar refractivity (Wildman–Crippen MR) is 70.2 cm³/mol. The third-order valence-electron chi connectivity index (χ3n) is 3.94. The van der Waals surface area contributed by atoms with Gasteiger partial charge >= 0.3 is 0 Å². The van der Waals surface area contributed by atoms with E-state index in [1.54, 1.807) is 0 Å². The molecule has 1 N–H and O–H groups in total. The molecule has 2 aliphatic rings. The quantitative estimate of drug-likeness (QED) is 0.807. The molecule has 1 unspecified atom stereocenters. The van der Waals surface area contributed by atoms with Crippen LogP contribution in [0.25, 0.3) is 0 Å². The van der Waals surface area contributed by atoms with Crippen LogP contribution in [-0.4, -0.2) is 41.8 Å². The van der Waals surface area contributed by atoms with Crippen molar-refractivity contribution in [2.45, 2.75) is 58.5 Å². The number of carbonyl (C=O) groups excluding carboxylic acids is 2. The summed E-state index contributed by atoms with van der Waals surface area (Å²) in [6.45, 7) is 7.46. The molecular weight excluding hydrogens is 228 g/mol. The first-order valence-electron chi connectivity index (χ1n) is 6.99. The molecule has 2 fully saturated rings. The zero-order valence-electron chi connectivity index (χ0n) is 11.7. The lowest BCUT2D eigenvalue weighted by Gasteiger charge is -2.30. The second-order valence-electron chi connectivity index (χ2n) is 6.45. The maximum atomic E-state index is 12.4. The number of likely N-dealkylation sites (tertiary alicyclic amines) is 1. The van der Waals surface area contributed by atoms with Gasteiger partial charge in [-0.05, 0) is 32.2 Å². The van der Waals surface area contributed by atoms with Crippen LogP contribution in [0.5, 0.6) is 0 Å². The fourth-order valence-electron chi connectivity index (χ4n) is 2.90. The van der Waals surface area contributed by atoms with Crippen molar-refractivity contribution in [3.63, 3.8) is 0 Å². The first kappa shape index (κ1) is 13.5. The normalized spacial score (nSPS) is 28.7. The number of Topliss-reactive ketones (excluding diaryl/α,β-unsaturated/α-hetero) is 1. The van der Waals surface area contributed by atoms with Crippen LogP contribution in [0.4, 0.5) is 0 Å². The lowest BCUT2D eigenvalue weighted by Crippen LogP contribution is -2.50. The molecule has 2 atom stereocenters. The van der Waals surface area contributed by atoms with Gasteiger partial charge in [-0.2, -0.15) is 0 Å². The molecule has 0 aromatic rings. The standard InChI is InChI=1S/C14H24N2O2/c1-14(2,3)12(17)11-7-5-9-16(11)13(18)10-6-4-8-15-10/h10-11,15H,4-9H2,1-3H3/t10?,11-/m0/s1. The predicted octanol–water partition coefficient (Wildman–Crippen LogP) is 1.34. The summed E-state index contributed by atoms with van der Waals surface area (Å²) in [5.74, 6) is 0.332. The Morgan fingerprint density at radius 1 is 1.17 bits per heavy atom. The Bertz CT molecular complexity index is 340. The highest BCUT2D eigenvalue weighted by Gasteiger charge is 2.40. The Hall–Kier alpha value is -0.900. The molecule has 4 heteroatoms. The first-order valence-corrected chi connectivity index (χ1v) is 6.99. The Morgan fingerprint density at radius 2 is 1.89 bits per heavy atom. The van der Waals surface area contributed by atoms with Crippen LogP contribution in [0.2, 0.25) is 0 Å². The first-order chi connectivity index (χ1) is 8.41. The zero-order valence-corrected chi connectivity index (χ0v) is 11.7. The van der Waals surface area contributed by atoms with E-state index in [0.717, 1.165) is 38.8 Å². The van der Waals surface area contributed by atoms with Gasteiger partial charge in [-0.15, -0.1) is 0 Å². The van der Waals surface area contributed by atoms with Gasteiger partial charge in [-0.1, -0.05) is 20.8 Å². The lowest BCUT2D eigenvalue weighted by molar-refractivity contribution is -0.141. The molecule has 0 bridgehead atoms. The molecule has 4 nitrogen and oxygen atoms in total. The van der Waals surface area contributed by atoms with Crippen molar-refractivity contribution in [2.75, 3.05) is 13.1 Å². The minimum Gasteiger partial charge on any atom is -0.331 e. The maximum Gasteiger partial charge on any atom is 0.240 e. The van der Waals surface area contributed by atoms with Crippen LogP contribution >= 0.6 is 0 Å². The van der Waals surface area contributed by atoms with Gasteiger partial charge in [0, 0.05) is 12.0 Å². The van der Waals surface area contributed by atoms with Gasteiger partial charge in [0.15, 0.2) is 5.78 Å². The monoisotopic (exact) mass is 252 g/mol. The van der Waals surface area contributed by atoms with Gasteiger partial charge in [0.2, 0.25) is 5.91 Å². The highest BCUT2D eigenvalue weighted by molar-refractivity contribution is 5.94. The van der Waals surface area contributed by atoms with Crippen LogP contribution in [0.1, 0.15) is 46.5 Å². The SMILES string of the molecule is CC(C)(C)C(=O)[C@@H]1CCCN1C(=O)C1CCCN1. The Labute approximate surface area is 109 Å². The maximum absolute atomic E-state index is 12.4. The van der Waals surface area contributed by atoms with Gasteiger partial charge in [0.05, 0.1) is 12.1 Å². The topological polar surface area (TPSA) is 49.4 Å². The number of amides is 1. The molecule has 0 spiro atoms. The number of rotatable bonds is 2. The molecule has 18 heavy (non-hydrogen) atoms. The van der Waals surface area contributed by atoms with Crippen molar-refractivity contribution < 1.29 is 9.59 Å². The van der Waals surface area contributed by atoms with Crippen LogP contribution in [0.3, 0.4) is 0 Å². The second kappa shape index (κ2) is 5.00. The molecular formula is C14H24N2O2. The van der Waals surface area contributed by atoms with E-state index >= 15 is 0 Å². The summed E-state index contributed by atoms with van der Waals surface area (Å²) in [6.07, 6.45) is 3.74. The van der Waals surface area contributed by atoms with Crippen LogP contribution in [0.15, 0.2) is 0 Å². The fraction of sp³-hybridized carbons (Fsp3) is 0.857. The van der Waals surface area contributed by atoms with E-state index in [1.807, 2.05) is 25.7 Å². The van der Waals surface area contributed by atoms with E-state index in [9.17, 15) is 9.59 Å². The van der Waals surface area contributed by atoms with E-state index in [1.165, 1.54) is 0 Å². The molecule has 0 aliphatic carbocycles. The average molecular weight is 252 g/mol. The molecule has 0 aromatic carbocycles. The van der Waals surface area contributed by atoms with Gasteiger partial charge in [-0.3, -0.25) is 9.59 Å². The third-order valence-corrected chi connectivity index (χ3v) is 3.94. The van der Waals surface area contributed by atoms with E-state index in [-0.39, 0.29) is 29.2 Å². The summed E-state index contributed by atoms with van der Waals surface area (Å²) in [5, 5.41) is 3.23. The molecule has 2 aliphatic heterocycles. The van der Waals surface area contributed by atoms with Crippen molar-refractivity contribution in [1.29, 1.82) is 0 Å². The molecule has 0 saturated carbocycles. The number of hydrogen-bond acceptors (Lipinski definition) is 3. The third kappa shape index (κ3) is 2.58. The molecule has 2 saturated heterocycles. The van der Waals surface area contributed by atoms with Crippen LogP contribution in [0, 0.1) is 5.41 Å². The largest absolute Gasteiger partial charge is 0.331 e. The van der Waals surface area contributed by atoms with E-state index in [4.69, 9.17) is 0 Å². The van der Waals surface area contributed by atoms with Crippen molar-refractivity contribution in [2.24, 2.45) is 5.41 Å². The lowest BCUT2D eigenvalue weighted by atomic mass is 9.85. The van der Waals surface area contributed by atoms with Crippen molar-refractivity contribution in [3.05, 3.63) is 0 Å². The van der Waals surface area contributed by atoms with Gasteiger partial charge < -0.3 is 10.2 Å². The van der Waals surface area contributed by atoms with E-state index in [2.05, 4.69) is 5.32 Å². The summed E-state index contributed by atoms with van der Waals surface area (Å²) in [4.78, 5) is 26.6. The number of ketones is 1. The molecule has 0 radical (unpaired) electrons. The smallest absolute Gasteiger partial charge is 0.240 e. The Kier molecular flexibility index (Phi) is 3.76. The average Bonchev–Trinajstić information content (AvgIpc) is 2.97. The number of hydrogen-bond donors (Lipinski definition) is 1. The molecule has 0 aromatic heterocycles. The molecule has 102 valence electrons. The van der Waals surface area contributed by atoms with Crippen molar-refractivity contribution in [1.82, 2.24) is 10.2 Å².